The van der Waals surface area contributed by atoms with E-state index in [1.165, 1.54) is 13.3 Å². The third kappa shape index (κ3) is 6.03. The molecule has 1 saturated carbocycles. The quantitative estimate of drug-likeness (QED) is 0.268. The van der Waals surface area contributed by atoms with Crippen molar-refractivity contribution in [3.05, 3.63) is 23.5 Å². The number of esters is 1. The summed E-state index contributed by atoms with van der Waals surface area (Å²) in [6.45, 7) is 5.54. The van der Waals surface area contributed by atoms with E-state index in [4.69, 9.17) is 14.2 Å². The number of pyridine rings is 1. The number of anilines is 1. The molecule has 1 fully saturated rings. The monoisotopic (exact) mass is 558 g/mol. The standard InChI is InChI=1S/C22H31IN4O5/c1-22(2,3)32-21(29)26-13-8-6-12(7-9-13)25-17-14-10-16(18(23)30-4)27-19(14)24-11-15(17)20(28)31-5/h10-13,18H,6-9H2,1-5H3,(H,26,29)(H2,24,25,27). The number of aromatic nitrogens is 2. The minimum atomic E-state index is -0.519. The number of hydrogen-bond donors (Lipinski definition) is 3. The zero-order chi connectivity index (χ0) is 23.5. The number of alkyl carbamates (subject to hydrolysis) is 1. The predicted octanol–water partition coefficient (Wildman–Crippen LogP) is 4.68. The molecule has 2 aromatic rings. The van der Waals surface area contributed by atoms with Gasteiger partial charge < -0.3 is 29.8 Å². The highest BCUT2D eigenvalue weighted by Gasteiger charge is 2.27. The third-order valence-electron chi connectivity index (χ3n) is 5.33. The number of halogens is 1. The molecule has 0 saturated heterocycles. The second kappa shape index (κ2) is 10.2. The van der Waals surface area contributed by atoms with Crippen LogP contribution in [0.1, 0.15) is 66.6 Å². The number of carbonyl (C=O) groups excluding carboxylic acids is 2. The van der Waals surface area contributed by atoms with Gasteiger partial charge in [-0.2, -0.15) is 0 Å². The molecule has 176 valence electrons. The van der Waals surface area contributed by atoms with Gasteiger partial charge in [-0.1, -0.05) is 0 Å². The Bertz CT molecular complexity index is 963. The SMILES string of the molecule is COC(=O)c1cnc2[nH]c(C(I)OC)cc2c1NC1CCC(NC(=O)OC(C)(C)C)CC1. The molecule has 2 heterocycles. The molecule has 10 heteroatoms. The maximum atomic E-state index is 12.4. The molecule has 0 aliphatic heterocycles. The van der Waals surface area contributed by atoms with Crippen LogP contribution in [0.25, 0.3) is 11.0 Å². The Hall–Kier alpha value is -2.08. The van der Waals surface area contributed by atoms with Crippen molar-refractivity contribution >= 4 is 51.4 Å². The van der Waals surface area contributed by atoms with Crippen LogP contribution in [0.4, 0.5) is 10.5 Å². The van der Waals surface area contributed by atoms with Crippen molar-refractivity contribution in [2.45, 2.75) is 68.2 Å². The number of aromatic amines is 1. The van der Waals surface area contributed by atoms with Crippen LogP contribution in [0.3, 0.4) is 0 Å². The molecule has 0 bridgehead atoms. The summed E-state index contributed by atoms with van der Waals surface area (Å²) >= 11 is 2.18. The number of ether oxygens (including phenoxy) is 3. The second-order valence-corrected chi connectivity index (χ2v) is 10.0. The van der Waals surface area contributed by atoms with Gasteiger partial charge in [-0.25, -0.2) is 14.6 Å². The van der Waals surface area contributed by atoms with Crippen LogP contribution in [0.2, 0.25) is 0 Å². The normalized spacial score (nSPS) is 19.9. The van der Waals surface area contributed by atoms with Crippen molar-refractivity contribution in [3.8, 4) is 0 Å². The number of fused-ring (bicyclic) bond motifs is 1. The minimum absolute atomic E-state index is 0.0702. The molecule has 1 aliphatic carbocycles. The summed E-state index contributed by atoms with van der Waals surface area (Å²) < 4.78 is 15.6. The van der Waals surface area contributed by atoms with Crippen LogP contribution in [0, 0.1) is 0 Å². The Morgan fingerprint density at radius 3 is 2.44 bits per heavy atom. The smallest absolute Gasteiger partial charge is 0.407 e. The number of methoxy groups -OCH3 is 2. The highest BCUT2D eigenvalue weighted by molar-refractivity contribution is 14.1. The molecule has 1 amide bonds. The van der Waals surface area contributed by atoms with Gasteiger partial charge in [-0.15, -0.1) is 0 Å². The molecule has 2 aromatic heterocycles. The van der Waals surface area contributed by atoms with E-state index in [1.807, 2.05) is 26.8 Å². The van der Waals surface area contributed by atoms with Crippen molar-refractivity contribution in [2.75, 3.05) is 19.5 Å². The minimum Gasteiger partial charge on any atom is -0.465 e. The number of H-pyrrole nitrogens is 1. The van der Waals surface area contributed by atoms with E-state index >= 15 is 0 Å². The Morgan fingerprint density at radius 2 is 1.84 bits per heavy atom. The fourth-order valence-electron chi connectivity index (χ4n) is 3.83. The van der Waals surface area contributed by atoms with Gasteiger partial charge in [-0.05, 0) is 75.1 Å². The van der Waals surface area contributed by atoms with Crippen LogP contribution in [-0.2, 0) is 14.2 Å². The molecule has 0 radical (unpaired) electrons. The molecular weight excluding hydrogens is 527 g/mol. The fraction of sp³-hybridized carbons (Fsp3) is 0.591. The highest BCUT2D eigenvalue weighted by atomic mass is 127. The van der Waals surface area contributed by atoms with Crippen LogP contribution in [0.5, 0.6) is 0 Å². The van der Waals surface area contributed by atoms with Gasteiger partial charge in [-0.3, -0.25) is 0 Å². The van der Waals surface area contributed by atoms with E-state index in [0.717, 1.165) is 36.8 Å². The van der Waals surface area contributed by atoms with Crippen molar-refractivity contribution in [1.29, 1.82) is 0 Å². The Balaban J connectivity index is 1.74. The summed E-state index contributed by atoms with van der Waals surface area (Å²) in [7, 11) is 3.00. The summed E-state index contributed by atoms with van der Waals surface area (Å²) in [5, 5.41) is 7.32. The van der Waals surface area contributed by atoms with Gasteiger partial charge in [0.25, 0.3) is 0 Å². The topological polar surface area (TPSA) is 115 Å². The van der Waals surface area contributed by atoms with E-state index in [9.17, 15) is 9.59 Å². The fourth-order valence-corrected chi connectivity index (χ4v) is 4.16. The second-order valence-electron chi connectivity index (χ2n) is 8.92. The number of alkyl halides is 1. The van der Waals surface area contributed by atoms with E-state index in [-0.39, 0.29) is 22.3 Å². The zero-order valence-corrected chi connectivity index (χ0v) is 21.2. The number of rotatable bonds is 6. The molecule has 1 unspecified atom stereocenters. The zero-order valence-electron chi connectivity index (χ0n) is 19.1. The number of nitrogens with one attached hydrogen (secondary N) is 3. The lowest BCUT2D eigenvalue weighted by Crippen LogP contribution is -2.42. The van der Waals surface area contributed by atoms with E-state index < -0.39 is 11.6 Å². The lowest BCUT2D eigenvalue weighted by atomic mass is 9.91. The molecule has 32 heavy (non-hydrogen) atoms. The van der Waals surface area contributed by atoms with Crippen molar-refractivity contribution in [2.24, 2.45) is 0 Å². The predicted molar refractivity (Wildman–Crippen MR) is 130 cm³/mol. The van der Waals surface area contributed by atoms with Gasteiger partial charge >= 0.3 is 12.1 Å². The molecule has 0 aromatic carbocycles. The van der Waals surface area contributed by atoms with Crippen LogP contribution in [-0.4, -0.2) is 53.9 Å². The summed E-state index contributed by atoms with van der Waals surface area (Å²) in [6.07, 6.45) is 4.46. The van der Waals surface area contributed by atoms with E-state index in [2.05, 4.69) is 43.2 Å². The molecule has 9 nitrogen and oxygen atoms in total. The molecule has 0 spiro atoms. The first kappa shape index (κ1) is 24.6. The van der Waals surface area contributed by atoms with Crippen LogP contribution < -0.4 is 10.6 Å². The Kier molecular flexibility index (Phi) is 7.86. The van der Waals surface area contributed by atoms with E-state index in [1.54, 1.807) is 7.11 Å². The first-order valence-electron chi connectivity index (χ1n) is 10.6. The maximum Gasteiger partial charge on any atom is 0.407 e. The van der Waals surface area contributed by atoms with Crippen LogP contribution in [0.15, 0.2) is 12.3 Å². The first-order chi connectivity index (χ1) is 15.1. The van der Waals surface area contributed by atoms with Crippen molar-refractivity contribution in [1.82, 2.24) is 15.3 Å². The van der Waals surface area contributed by atoms with Crippen molar-refractivity contribution in [3.63, 3.8) is 0 Å². The summed E-state index contributed by atoms with van der Waals surface area (Å²) in [6, 6.07) is 2.17. The van der Waals surface area contributed by atoms with Crippen LogP contribution >= 0.6 is 22.6 Å². The van der Waals surface area contributed by atoms with E-state index in [0.29, 0.717) is 16.9 Å². The largest absolute Gasteiger partial charge is 0.465 e. The molecule has 1 atom stereocenters. The molecule has 3 N–H and O–H groups in total. The highest BCUT2D eigenvalue weighted by Crippen LogP contribution is 2.34. The number of hydrogen-bond acceptors (Lipinski definition) is 7. The average molecular weight is 558 g/mol. The first-order valence-corrected chi connectivity index (χ1v) is 11.9. The number of nitrogens with zero attached hydrogens (tertiary/aromatic N) is 1. The number of amides is 1. The molecular formula is C22H31IN4O5. The van der Waals surface area contributed by atoms with Crippen molar-refractivity contribution < 1.29 is 23.8 Å². The van der Waals surface area contributed by atoms with Gasteiger partial charge in [0.1, 0.15) is 20.9 Å². The average Bonchev–Trinajstić information content (AvgIpc) is 3.17. The molecule has 1 aliphatic rings. The third-order valence-corrected chi connectivity index (χ3v) is 6.51. The Morgan fingerprint density at radius 1 is 1.19 bits per heavy atom. The van der Waals surface area contributed by atoms with Gasteiger partial charge in [0.05, 0.1) is 18.5 Å². The number of carbonyl (C=O) groups is 2. The van der Waals surface area contributed by atoms with Gasteiger partial charge in [0, 0.05) is 30.8 Å². The van der Waals surface area contributed by atoms with Gasteiger partial charge in [0.2, 0.25) is 0 Å². The lowest BCUT2D eigenvalue weighted by molar-refractivity contribution is 0.0491. The molecule has 3 rings (SSSR count). The lowest BCUT2D eigenvalue weighted by Gasteiger charge is -2.31. The Labute approximate surface area is 201 Å². The maximum absolute atomic E-state index is 12.4. The summed E-state index contributed by atoms with van der Waals surface area (Å²) in [4.78, 5) is 32.1. The summed E-state index contributed by atoms with van der Waals surface area (Å²) in [5.41, 5.74) is 2.12. The van der Waals surface area contributed by atoms with Gasteiger partial charge in [0.15, 0.2) is 0 Å². The summed E-state index contributed by atoms with van der Waals surface area (Å²) in [5.74, 6) is -0.442.